The molecular weight excluding hydrogens is 346 g/mol. The normalized spacial score (nSPS) is 11.4. The minimum absolute atomic E-state index is 0.0339. The van der Waals surface area contributed by atoms with E-state index in [1.165, 1.54) is 36.9 Å². The number of nitrogens with zero attached hydrogens (tertiary/aromatic N) is 2. The highest BCUT2D eigenvalue weighted by atomic mass is 32.2. The molecule has 0 spiro atoms. The van der Waals surface area contributed by atoms with Gasteiger partial charge in [0.2, 0.25) is 0 Å². The summed E-state index contributed by atoms with van der Waals surface area (Å²) < 4.78 is 5.14. The number of hydrogen-bond acceptors (Lipinski definition) is 7. The zero-order chi connectivity index (χ0) is 18.4. The van der Waals surface area contributed by atoms with Crippen molar-refractivity contribution in [1.29, 1.82) is 0 Å². The number of carbonyl (C=O) groups excluding carboxylic acids is 2. The van der Waals surface area contributed by atoms with E-state index in [2.05, 4.69) is 10.3 Å². The molecule has 25 heavy (non-hydrogen) atoms. The summed E-state index contributed by atoms with van der Waals surface area (Å²) in [7, 11) is 0. The Balaban J connectivity index is 2.08. The van der Waals surface area contributed by atoms with Crippen LogP contribution in [0.1, 0.15) is 17.3 Å². The SMILES string of the molecule is CSc1ncccc1C(=O)O[C@H](C)C(=O)Nc1ccccc1[N+](=O)[O-]. The van der Waals surface area contributed by atoms with Crippen LogP contribution in [0, 0.1) is 10.1 Å². The van der Waals surface area contributed by atoms with Gasteiger partial charge in [-0.15, -0.1) is 11.8 Å². The maximum absolute atomic E-state index is 12.2. The summed E-state index contributed by atoms with van der Waals surface area (Å²) in [5.74, 6) is -1.36. The number of rotatable bonds is 6. The first-order valence-corrected chi connectivity index (χ1v) is 8.40. The van der Waals surface area contributed by atoms with Crippen molar-refractivity contribution in [2.75, 3.05) is 11.6 Å². The Hall–Kier alpha value is -2.94. The Labute approximate surface area is 147 Å². The van der Waals surface area contributed by atoms with E-state index in [9.17, 15) is 19.7 Å². The van der Waals surface area contributed by atoms with Crippen LogP contribution in [0.25, 0.3) is 0 Å². The number of para-hydroxylation sites is 2. The fraction of sp³-hybridized carbons (Fsp3) is 0.188. The van der Waals surface area contributed by atoms with Crippen LogP contribution in [0.3, 0.4) is 0 Å². The Morgan fingerprint density at radius 2 is 2.00 bits per heavy atom. The third kappa shape index (κ3) is 4.54. The number of esters is 1. The second-order valence-corrected chi connectivity index (χ2v) is 5.67. The Bertz CT molecular complexity index is 812. The minimum atomic E-state index is -1.14. The lowest BCUT2D eigenvalue weighted by atomic mass is 10.2. The van der Waals surface area contributed by atoms with Crippen LogP contribution in [0.5, 0.6) is 0 Å². The average molecular weight is 361 g/mol. The van der Waals surface area contributed by atoms with E-state index >= 15 is 0 Å². The van der Waals surface area contributed by atoms with Crippen molar-refractivity contribution < 1.29 is 19.2 Å². The molecule has 1 N–H and O–H groups in total. The Morgan fingerprint density at radius 1 is 1.28 bits per heavy atom. The smallest absolute Gasteiger partial charge is 0.341 e. The number of aromatic nitrogens is 1. The maximum Gasteiger partial charge on any atom is 0.341 e. The highest BCUT2D eigenvalue weighted by molar-refractivity contribution is 7.98. The number of nitro groups is 1. The van der Waals surface area contributed by atoms with Gasteiger partial charge in [-0.3, -0.25) is 14.9 Å². The fourth-order valence-corrected chi connectivity index (χ4v) is 2.50. The van der Waals surface area contributed by atoms with Gasteiger partial charge >= 0.3 is 5.97 Å². The van der Waals surface area contributed by atoms with E-state index in [0.717, 1.165) is 0 Å². The van der Waals surface area contributed by atoms with Gasteiger partial charge in [-0.1, -0.05) is 12.1 Å². The van der Waals surface area contributed by atoms with Crippen molar-refractivity contribution in [3.8, 4) is 0 Å². The van der Waals surface area contributed by atoms with E-state index in [1.807, 2.05) is 0 Å². The van der Waals surface area contributed by atoms with Crippen molar-refractivity contribution in [3.05, 3.63) is 58.3 Å². The highest BCUT2D eigenvalue weighted by Crippen LogP contribution is 2.24. The Morgan fingerprint density at radius 3 is 2.68 bits per heavy atom. The second kappa shape index (κ2) is 8.25. The van der Waals surface area contributed by atoms with Gasteiger partial charge < -0.3 is 10.1 Å². The van der Waals surface area contributed by atoms with Gasteiger partial charge in [-0.2, -0.15) is 0 Å². The summed E-state index contributed by atoms with van der Waals surface area (Å²) in [5.41, 5.74) is 0.0400. The van der Waals surface area contributed by atoms with Crippen molar-refractivity contribution in [1.82, 2.24) is 4.98 Å². The first kappa shape index (κ1) is 18.4. The van der Waals surface area contributed by atoms with Crippen LogP contribution in [-0.2, 0) is 9.53 Å². The molecule has 9 heteroatoms. The topological polar surface area (TPSA) is 111 Å². The summed E-state index contributed by atoms with van der Waals surface area (Å²) in [6.45, 7) is 1.39. The predicted molar refractivity (Wildman–Crippen MR) is 92.6 cm³/mol. The molecule has 0 aliphatic rings. The Kier molecular flexibility index (Phi) is 6.07. The van der Waals surface area contributed by atoms with E-state index in [1.54, 1.807) is 30.7 Å². The zero-order valence-electron chi connectivity index (χ0n) is 13.5. The first-order chi connectivity index (χ1) is 11.9. The third-order valence-electron chi connectivity index (χ3n) is 3.20. The van der Waals surface area contributed by atoms with E-state index in [4.69, 9.17) is 4.74 Å². The quantitative estimate of drug-likeness (QED) is 0.364. The van der Waals surface area contributed by atoms with Gasteiger partial charge in [-0.05, 0) is 31.4 Å². The highest BCUT2D eigenvalue weighted by Gasteiger charge is 2.23. The molecule has 1 heterocycles. The summed E-state index contributed by atoms with van der Waals surface area (Å²) in [5, 5.41) is 13.8. The van der Waals surface area contributed by atoms with Gasteiger partial charge in [0, 0.05) is 12.3 Å². The molecule has 2 aromatic rings. The summed E-state index contributed by atoms with van der Waals surface area (Å²) in [6, 6.07) is 8.86. The van der Waals surface area contributed by atoms with E-state index in [-0.39, 0.29) is 16.9 Å². The van der Waals surface area contributed by atoms with Crippen LogP contribution >= 0.6 is 11.8 Å². The van der Waals surface area contributed by atoms with Crippen molar-refractivity contribution in [2.45, 2.75) is 18.1 Å². The summed E-state index contributed by atoms with van der Waals surface area (Å²) in [4.78, 5) is 38.8. The summed E-state index contributed by atoms with van der Waals surface area (Å²) >= 11 is 1.28. The molecule has 0 fully saturated rings. The minimum Gasteiger partial charge on any atom is -0.449 e. The molecule has 0 bridgehead atoms. The monoisotopic (exact) mass is 361 g/mol. The molecular formula is C16H15N3O5S. The average Bonchev–Trinajstić information content (AvgIpc) is 2.61. The lowest BCUT2D eigenvalue weighted by Crippen LogP contribution is -2.30. The number of amides is 1. The van der Waals surface area contributed by atoms with Crippen LogP contribution in [0.15, 0.2) is 47.6 Å². The van der Waals surface area contributed by atoms with E-state index in [0.29, 0.717) is 5.03 Å². The largest absolute Gasteiger partial charge is 0.449 e. The van der Waals surface area contributed by atoms with Crippen molar-refractivity contribution in [3.63, 3.8) is 0 Å². The second-order valence-electron chi connectivity index (χ2n) is 4.87. The molecule has 0 unspecified atom stereocenters. The number of thioether (sulfide) groups is 1. The molecule has 0 saturated heterocycles. The van der Waals surface area contributed by atoms with Crippen LogP contribution < -0.4 is 5.32 Å². The van der Waals surface area contributed by atoms with Crippen LogP contribution in [0.4, 0.5) is 11.4 Å². The third-order valence-corrected chi connectivity index (χ3v) is 3.91. The van der Waals surface area contributed by atoms with Crippen molar-refractivity contribution in [2.24, 2.45) is 0 Å². The number of carbonyl (C=O) groups is 2. The lowest BCUT2D eigenvalue weighted by Gasteiger charge is -2.14. The molecule has 8 nitrogen and oxygen atoms in total. The first-order valence-electron chi connectivity index (χ1n) is 7.18. The van der Waals surface area contributed by atoms with Gasteiger partial charge in [0.25, 0.3) is 11.6 Å². The standard InChI is InChI=1S/C16H15N3O5S/c1-10(24-16(21)11-6-5-9-17-15(11)25-2)14(20)18-12-7-3-4-8-13(12)19(22)23/h3-10H,1-2H3,(H,18,20)/t10-/m1/s1. The van der Waals surface area contributed by atoms with Crippen LogP contribution in [0.2, 0.25) is 0 Å². The number of benzene rings is 1. The van der Waals surface area contributed by atoms with Crippen LogP contribution in [-0.4, -0.2) is 34.1 Å². The molecule has 1 aromatic heterocycles. The molecule has 1 aromatic carbocycles. The number of nitrogens with one attached hydrogen (secondary N) is 1. The zero-order valence-corrected chi connectivity index (χ0v) is 14.3. The molecule has 0 aliphatic heterocycles. The molecule has 0 saturated carbocycles. The fourth-order valence-electron chi connectivity index (χ4n) is 1.96. The maximum atomic E-state index is 12.2. The summed E-state index contributed by atoms with van der Waals surface area (Å²) in [6.07, 6.45) is 2.18. The number of pyridine rings is 1. The lowest BCUT2D eigenvalue weighted by molar-refractivity contribution is -0.383. The molecule has 0 aliphatic carbocycles. The van der Waals surface area contributed by atoms with Gasteiger partial charge in [0.05, 0.1) is 10.5 Å². The number of anilines is 1. The molecule has 1 amide bonds. The van der Waals surface area contributed by atoms with Gasteiger partial charge in [-0.25, -0.2) is 9.78 Å². The van der Waals surface area contributed by atoms with Gasteiger partial charge in [0.1, 0.15) is 10.7 Å². The van der Waals surface area contributed by atoms with Gasteiger partial charge in [0.15, 0.2) is 6.10 Å². The number of nitro benzene ring substituents is 1. The predicted octanol–water partition coefficient (Wildman–Crippen LogP) is 2.90. The molecule has 1 atom stereocenters. The molecule has 130 valence electrons. The van der Waals surface area contributed by atoms with Crippen molar-refractivity contribution >= 4 is 35.0 Å². The molecule has 2 rings (SSSR count). The molecule has 0 radical (unpaired) electrons. The number of ether oxygens (including phenoxy) is 1. The number of hydrogen-bond donors (Lipinski definition) is 1. The van der Waals surface area contributed by atoms with E-state index < -0.39 is 22.9 Å².